The molecule has 2 rings (SSSR count). The van der Waals surface area contributed by atoms with Gasteiger partial charge in [0, 0.05) is 22.0 Å². The molecule has 0 saturated heterocycles. The van der Waals surface area contributed by atoms with E-state index in [-0.39, 0.29) is 0 Å². The van der Waals surface area contributed by atoms with Crippen LogP contribution in [0, 0.1) is 10.8 Å². The van der Waals surface area contributed by atoms with E-state index in [1.54, 1.807) is 36.4 Å². The summed E-state index contributed by atoms with van der Waals surface area (Å²) in [6.07, 6.45) is 0.791. The minimum atomic E-state index is 0.646. The molecule has 0 aliphatic rings. The minimum Gasteiger partial charge on any atom is -0.399 e. The number of hydrogen-bond acceptors (Lipinski definition) is 6. The van der Waals surface area contributed by atoms with E-state index in [0.29, 0.717) is 22.6 Å². The fraction of sp³-hybridized carbons (Fsp3) is 0. The molecular weight excluding hydrogens is 242 g/mol. The lowest BCUT2D eigenvalue weighted by molar-refractivity contribution is 0.112. The third-order valence-corrected chi connectivity index (χ3v) is 2.07. The van der Waals surface area contributed by atoms with Crippen molar-refractivity contribution in [3.05, 3.63) is 54.1 Å². The number of rotatable bonds is 1. The fourth-order valence-corrected chi connectivity index (χ4v) is 1.09. The topological polar surface area (TPSA) is 143 Å². The molecule has 2 aromatic carbocycles. The number of carbonyl (C=O) groups excluding carboxylic acids is 1. The second kappa shape index (κ2) is 9.01. The van der Waals surface area contributed by atoms with E-state index < -0.39 is 0 Å². The van der Waals surface area contributed by atoms with Crippen molar-refractivity contribution >= 4 is 23.3 Å². The summed E-state index contributed by atoms with van der Waals surface area (Å²) in [7, 11) is 0. The largest absolute Gasteiger partial charge is 0.399 e. The van der Waals surface area contributed by atoms with E-state index in [2.05, 4.69) is 0 Å². The Morgan fingerprint density at radius 3 is 1.53 bits per heavy atom. The van der Waals surface area contributed by atoms with Crippen LogP contribution in [0.2, 0.25) is 0 Å². The van der Waals surface area contributed by atoms with Gasteiger partial charge >= 0.3 is 0 Å². The van der Waals surface area contributed by atoms with Gasteiger partial charge in [0.2, 0.25) is 0 Å². The third-order valence-electron chi connectivity index (χ3n) is 2.07. The summed E-state index contributed by atoms with van der Waals surface area (Å²) in [5.74, 6) is 0. The molecule has 0 radical (unpaired) electrons. The highest BCUT2D eigenvalue weighted by molar-refractivity contribution is 5.75. The number of nitrogens with two attached hydrogens (primary N) is 3. The first-order chi connectivity index (χ1) is 9.13. The Morgan fingerprint density at radius 2 is 1.21 bits per heavy atom. The maximum absolute atomic E-state index is 10.1. The first-order valence-electron chi connectivity index (χ1n) is 5.24. The molecule has 0 unspecified atom stereocenters. The molecule has 98 valence electrons. The molecule has 0 aromatic heterocycles. The molecular formula is C13H15N5O. The summed E-state index contributed by atoms with van der Waals surface area (Å²) in [6.45, 7) is 0. The number of nitrogens with zero attached hydrogens (tertiary/aromatic N) is 2. The molecule has 0 amide bonds. The van der Waals surface area contributed by atoms with Crippen LogP contribution in [0.5, 0.6) is 0 Å². The van der Waals surface area contributed by atoms with Crippen molar-refractivity contribution < 1.29 is 4.79 Å². The van der Waals surface area contributed by atoms with Crippen molar-refractivity contribution in [1.29, 1.82) is 10.8 Å². The maximum Gasteiger partial charge on any atom is 0.150 e. The highest BCUT2D eigenvalue weighted by Crippen LogP contribution is 2.10. The average molecular weight is 257 g/mol. The summed E-state index contributed by atoms with van der Waals surface area (Å²) in [5.41, 5.74) is 18.8. The molecule has 6 nitrogen and oxygen atoms in total. The summed E-state index contributed by atoms with van der Waals surface area (Å²) in [6, 6.07) is 14.0. The Kier molecular flexibility index (Phi) is 7.56. The lowest BCUT2D eigenvalue weighted by atomic mass is 10.2. The predicted molar refractivity (Wildman–Crippen MR) is 75.0 cm³/mol. The zero-order valence-electron chi connectivity index (χ0n) is 10.2. The summed E-state index contributed by atoms with van der Waals surface area (Å²) in [5, 5.41) is 12.0. The number of benzene rings is 2. The smallest absolute Gasteiger partial charge is 0.150 e. The number of aldehydes is 1. The van der Waals surface area contributed by atoms with Crippen LogP contribution in [0.3, 0.4) is 0 Å². The lowest BCUT2D eigenvalue weighted by Gasteiger charge is -1.94. The van der Waals surface area contributed by atoms with Crippen molar-refractivity contribution in [3.63, 3.8) is 0 Å². The molecule has 0 atom stereocenters. The van der Waals surface area contributed by atoms with Crippen LogP contribution < -0.4 is 17.2 Å². The molecule has 0 bridgehead atoms. The summed E-state index contributed by atoms with van der Waals surface area (Å²) in [4.78, 5) is 10.1. The van der Waals surface area contributed by atoms with E-state index in [1.165, 1.54) is 0 Å². The van der Waals surface area contributed by atoms with Gasteiger partial charge in [-0.3, -0.25) is 4.79 Å². The number of para-hydroxylation sites is 2. The van der Waals surface area contributed by atoms with Crippen LogP contribution in [0.1, 0.15) is 10.4 Å². The number of hydrogen-bond donors (Lipinski definition) is 3. The van der Waals surface area contributed by atoms with Crippen molar-refractivity contribution in [3.8, 4) is 0 Å². The Bertz CT molecular complexity index is 501. The van der Waals surface area contributed by atoms with Gasteiger partial charge < -0.3 is 17.2 Å². The van der Waals surface area contributed by atoms with E-state index in [9.17, 15) is 4.79 Å². The quantitative estimate of drug-likeness (QED) is 0.404. The van der Waals surface area contributed by atoms with Crippen LogP contribution in [0.15, 0.2) is 48.5 Å². The second-order valence-corrected chi connectivity index (χ2v) is 3.41. The maximum atomic E-state index is 10.1. The molecule has 6 heteroatoms. The van der Waals surface area contributed by atoms with Crippen molar-refractivity contribution in [1.82, 2.24) is 0 Å². The molecule has 2 aromatic rings. The molecule has 19 heavy (non-hydrogen) atoms. The van der Waals surface area contributed by atoms with Crippen molar-refractivity contribution in [2.75, 3.05) is 17.2 Å². The predicted octanol–water partition coefficient (Wildman–Crippen LogP) is 1.96. The standard InChI is InChI=1S/C7H7NO.C6H8N2.N2/c8-7-3-1-6(5-9)2-4-7;7-5-3-1-2-4-6(5)8;1-2/h1-5H,8H2;1-4H,7-8H2;. The fourth-order valence-electron chi connectivity index (χ4n) is 1.09. The summed E-state index contributed by atoms with van der Waals surface area (Å²) >= 11 is 0. The third kappa shape index (κ3) is 6.28. The first kappa shape index (κ1) is 15.9. The van der Waals surface area contributed by atoms with Crippen molar-refractivity contribution in [2.45, 2.75) is 0 Å². The Balaban J connectivity index is 0.000000303. The van der Waals surface area contributed by atoms with Gasteiger partial charge in [0.25, 0.3) is 0 Å². The molecule has 0 spiro atoms. The van der Waals surface area contributed by atoms with Crippen molar-refractivity contribution in [2.24, 2.45) is 0 Å². The van der Waals surface area contributed by atoms with Crippen LogP contribution >= 0.6 is 0 Å². The second-order valence-electron chi connectivity index (χ2n) is 3.41. The van der Waals surface area contributed by atoms with Gasteiger partial charge in [0.05, 0.1) is 11.4 Å². The molecule has 0 aliphatic carbocycles. The minimum absolute atomic E-state index is 0.646. The van der Waals surface area contributed by atoms with Crippen LogP contribution in [0.4, 0.5) is 17.1 Å². The SMILES string of the molecule is N#N.Nc1ccc(C=O)cc1.Nc1ccccc1N. The van der Waals surface area contributed by atoms with Crippen LogP contribution in [-0.4, -0.2) is 6.29 Å². The Hall–Kier alpha value is -3.07. The van der Waals surface area contributed by atoms with Crippen LogP contribution in [0.25, 0.3) is 0 Å². The van der Waals surface area contributed by atoms with Gasteiger partial charge in [-0.05, 0) is 36.4 Å². The average Bonchev–Trinajstić information content (AvgIpc) is 2.46. The first-order valence-corrected chi connectivity index (χ1v) is 5.24. The molecule has 0 fully saturated rings. The van der Waals surface area contributed by atoms with Gasteiger partial charge in [0.15, 0.2) is 0 Å². The van der Waals surface area contributed by atoms with E-state index >= 15 is 0 Å². The summed E-state index contributed by atoms with van der Waals surface area (Å²) < 4.78 is 0. The van der Waals surface area contributed by atoms with Crippen LogP contribution in [-0.2, 0) is 0 Å². The highest BCUT2D eigenvalue weighted by Gasteiger charge is 1.86. The Morgan fingerprint density at radius 1 is 0.789 bits per heavy atom. The Labute approximate surface area is 111 Å². The van der Waals surface area contributed by atoms with Gasteiger partial charge in [-0.2, -0.15) is 0 Å². The van der Waals surface area contributed by atoms with E-state index in [4.69, 9.17) is 28.0 Å². The van der Waals surface area contributed by atoms with Gasteiger partial charge in [-0.25, -0.2) is 0 Å². The van der Waals surface area contributed by atoms with E-state index in [1.807, 2.05) is 12.1 Å². The number of anilines is 3. The lowest BCUT2D eigenvalue weighted by Crippen LogP contribution is -1.91. The van der Waals surface area contributed by atoms with E-state index in [0.717, 1.165) is 6.29 Å². The highest BCUT2D eigenvalue weighted by atomic mass is 16.1. The van der Waals surface area contributed by atoms with Gasteiger partial charge in [-0.15, -0.1) is 0 Å². The number of nitrogen functional groups attached to an aromatic ring is 3. The number of carbonyl (C=O) groups is 1. The normalized spacial score (nSPS) is 8.11. The van der Waals surface area contributed by atoms with Gasteiger partial charge in [0.1, 0.15) is 6.29 Å². The molecule has 0 aliphatic heterocycles. The zero-order chi connectivity index (χ0) is 14.7. The monoisotopic (exact) mass is 257 g/mol. The molecule has 6 N–H and O–H groups in total. The zero-order valence-corrected chi connectivity index (χ0v) is 10.2. The molecule has 0 saturated carbocycles. The van der Waals surface area contributed by atoms with Gasteiger partial charge in [-0.1, -0.05) is 12.1 Å². The molecule has 0 heterocycles.